The molecule has 0 aliphatic rings. The van der Waals surface area contributed by atoms with Crippen LogP contribution in [0.1, 0.15) is 0 Å². The van der Waals surface area contributed by atoms with Gasteiger partial charge in [0.25, 0.3) is 5.56 Å². The maximum absolute atomic E-state index is 11.4. The molecular weight excluding hydrogens is 222 g/mol. The van der Waals surface area contributed by atoms with Gasteiger partial charge < -0.3 is 5.32 Å². The summed E-state index contributed by atoms with van der Waals surface area (Å²) in [5.74, 6) is -0.572. The van der Waals surface area contributed by atoms with Crippen LogP contribution in [0.25, 0.3) is 0 Å². The standard InChI is InChI=1S/C8H10ClN3O3/c1-11-5(10-6(13)4-9)3-7(14)12(2)8(11)15/h3H,4H2,1-2H3,(H,10,13). The van der Waals surface area contributed by atoms with Crippen molar-refractivity contribution in [2.24, 2.45) is 14.1 Å². The Morgan fingerprint density at radius 3 is 2.53 bits per heavy atom. The van der Waals surface area contributed by atoms with Crippen molar-refractivity contribution in [3.8, 4) is 0 Å². The summed E-state index contributed by atoms with van der Waals surface area (Å²) in [4.78, 5) is 33.6. The molecule has 1 heterocycles. The third-order valence-electron chi connectivity index (χ3n) is 1.91. The molecule has 1 aromatic rings. The second kappa shape index (κ2) is 4.31. The lowest BCUT2D eigenvalue weighted by Crippen LogP contribution is -2.38. The van der Waals surface area contributed by atoms with Gasteiger partial charge in [-0.3, -0.25) is 18.7 Å². The van der Waals surface area contributed by atoms with E-state index in [-0.39, 0.29) is 11.7 Å². The lowest BCUT2D eigenvalue weighted by atomic mass is 10.5. The number of rotatable bonds is 2. The van der Waals surface area contributed by atoms with Crippen LogP contribution in [0.3, 0.4) is 0 Å². The summed E-state index contributed by atoms with van der Waals surface area (Å²) in [5.41, 5.74) is -0.990. The van der Waals surface area contributed by atoms with Crippen LogP contribution in [0.4, 0.5) is 5.82 Å². The van der Waals surface area contributed by atoms with Gasteiger partial charge in [0, 0.05) is 20.2 Å². The first-order chi connectivity index (χ1) is 6.97. The molecule has 1 amide bonds. The van der Waals surface area contributed by atoms with E-state index in [1.807, 2.05) is 0 Å². The lowest BCUT2D eigenvalue weighted by Gasteiger charge is -2.09. The van der Waals surface area contributed by atoms with Gasteiger partial charge in [-0.05, 0) is 0 Å². The second-order valence-electron chi connectivity index (χ2n) is 2.95. The highest BCUT2D eigenvalue weighted by molar-refractivity contribution is 6.28. The van der Waals surface area contributed by atoms with Gasteiger partial charge in [0.1, 0.15) is 11.7 Å². The monoisotopic (exact) mass is 231 g/mol. The predicted molar refractivity (Wildman–Crippen MR) is 56.3 cm³/mol. The molecule has 0 spiro atoms. The molecule has 0 unspecified atom stereocenters. The SMILES string of the molecule is Cn1c(NC(=O)CCl)cc(=O)n(C)c1=O. The molecule has 0 bridgehead atoms. The van der Waals surface area contributed by atoms with Crippen molar-refractivity contribution in [2.45, 2.75) is 0 Å². The minimum atomic E-state index is -0.507. The number of halogens is 1. The van der Waals surface area contributed by atoms with E-state index in [1.165, 1.54) is 14.1 Å². The zero-order chi connectivity index (χ0) is 11.6. The fourth-order valence-corrected chi connectivity index (χ4v) is 1.10. The number of carbonyl (C=O) groups excluding carboxylic acids is 1. The normalized spacial score (nSPS) is 10.1. The van der Waals surface area contributed by atoms with E-state index in [0.717, 1.165) is 15.2 Å². The summed E-state index contributed by atoms with van der Waals surface area (Å²) in [6.07, 6.45) is 0. The molecule has 0 radical (unpaired) electrons. The van der Waals surface area contributed by atoms with E-state index in [0.29, 0.717) is 0 Å². The molecule has 0 aliphatic carbocycles. The number of nitrogens with one attached hydrogen (secondary N) is 1. The van der Waals surface area contributed by atoms with Crippen LogP contribution in [0, 0.1) is 0 Å². The van der Waals surface area contributed by atoms with Gasteiger partial charge in [0.05, 0.1) is 0 Å². The molecule has 6 nitrogen and oxygen atoms in total. The molecule has 1 rings (SSSR count). The van der Waals surface area contributed by atoms with Crippen molar-refractivity contribution in [2.75, 3.05) is 11.2 Å². The first kappa shape index (κ1) is 11.5. The summed E-state index contributed by atoms with van der Waals surface area (Å²) in [5, 5.41) is 2.35. The largest absolute Gasteiger partial charge is 0.332 e. The molecule has 15 heavy (non-hydrogen) atoms. The van der Waals surface area contributed by atoms with E-state index in [1.54, 1.807) is 0 Å². The number of alkyl halides is 1. The number of nitrogens with zero attached hydrogens (tertiary/aromatic N) is 2. The van der Waals surface area contributed by atoms with Crippen LogP contribution in [0.15, 0.2) is 15.7 Å². The van der Waals surface area contributed by atoms with E-state index in [4.69, 9.17) is 11.6 Å². The molecule has 1 N–H and O–H groups in total. The van der Waals surface area contributed by atoms with Gasteiger partial charge in [-0.25, -0.2) is 4.79 Å². The zero-order valence-electron chi connectivity index (χ0n) is 8.28. The van der Waals surface area contributed by atoms with Crippen LogP contribution in [0.5, 0.6) is 0 Å². The summed E-state index contributed by atoms with van der Waals surface area (Å²) in [6, 6.07) is 1.16. The third-order valence-corrected chi connectivity index (χ3v) is 2.16. The molecule has 0 atom stereocenters. The van der Waals surface area contributed by atoms with E-state index < -0.39 is 17.2 Å². The number of amides is 1. The Hall–Kier alpha value is -1.56. The summed E-state index contributed by atoms with van der Waals surface area (Å²) >= 11 is 5.28. The quantitative estimate of drug-likeness (QED) is 0.682. The van der Waals surface area contributed by atoms with Gasteiger partial charge in [0.2, 0.25) is 5.91 Å². The van der Waals surface area contributed by atoms with Crippen LogP contribution in [0.2, 0.25) is 0 Å². The molecule has 1 aromatic heterocycles. The Balaban J connectivity index is 3.27. The van der Waals surface area contributed by atoms with Crippen molar-refractivity contribution in [1.82, 2.24) is 9.13 Å². The Labute approximate surface area is 90.1 Å². The second-order valence-corrected chi connectivity index (χ2v) is 3.22. The minimum Gasteiger partial charge on any atom is -0.311 e. The Morgan fingerprint density at radius 1 is 1.40 bits per heavy atom. The summed E-state index contributed by atoms with van der Waals surface area (Å²) < 4.78 is 2.10. The van der Waals surface area contributed by atoms with Crippen molar-refractivity contribution in [3.05, 3.63) is 26.9 Å². The van der Waals surface area contributed by atoms with Gasteiger partial charge in [-0.2, -0.15) is 0 Å². The number of anilines is 1. The molecule has 0 aromatic carbocycles. The molecular formula is C8H10ClN3O3. The highest BCUT2D eigenvalue weighted by Gasteiger charge is 2.07. The van der Waals surface area contributed by atoms with Crippen molar-refractivity contribution >= 4 is 23.3 Å². The Morgan fingerprint density at radius 2 is 2.00 bits per heavy atom. The maximum atomic E-state index is 11.4. The highest BCUT2D eigenvalue weighted by atomic mass is 35.5. The molecule has 0 saturated heterocycles. The van der Waals surface area contributed by atoms with Crippen LogP contribution in [-0.2, 0) is 18.9 Å². The van der Waals surface area contributed by atoms with Crippen molar-refractivity contribution < 1.29 is 4.79 Å². The van der Waals surface area contributed by atoms with Gasteiger partial charge in [-0.1, -0.05) is 0 Å². The van der Waals surface area contributed by atoms with Crippen molar-refractivity contribution in [3.63, 3.8) is 0 Å². The predicted octanol–water partition coefficient (Wildman–Crippen LogP) is -0.739. The van der Waals surface area contributed by atoms with Gasteiger partial charge in [-0.15, -0.1) is 11.6 Å². The van der Waals surface area contributed by atoms with Crippen LogP contribution < -0.4 is 16.6 Å². The van der Waals surface area contributed by atoms with E-state index in [2.05, 4.69) is 5.32 Å². The zero-order valence-corrected chi connectivity index (χ0v) is 9.04. The number of carbonyl (C=O) groups is 1. The van der Waals surface area contributed by atoms with E-state index >= 15 is 0 Å². The van der Waals surface area contributed by atoms with Crippen LogP contribution >= 0.6 is 11.6 Å². The fraction of sp³-hybridized carbons (Fsp3) is 0.375. The fourth-order valence-electron chi connectivity index (χ4n) is 1.03. The molecule has 0 fully saturated rings. The van der Waals surface area contributed by atoms with Gasteiger partial charge >= 0.3 is 5.69 Å². The van der Waals surface area contributed by atoms with E-state index in [9.17, 15) is 14.4 Å². The lowest BCUT2D eigenvalue weighted by molar-refractivity contribution is -0.114. The van der Waals surface area contributed by atoms with Crippen LogP contribution in [-0.4, -0.2) is 20.9 Å². The average Bonchev–Trinajstić information content (AvgIpc) is 2.22. The van der Waals surface area contributed by atoms with Crippen molar-refractivity contribution in [1.29, 1.82) is 0 Å². The third kappa shape index (κ3) is 2.27. The molecule has 82 valence electrons. The summed E-state index contributed by atoms with van der Waals surface area (Å²) in [7, 11) is 2.81. The van der Waals surface area contributed by atoms with Gasteiger partial charge in [0.15, 0.2) is 0 Å². The molecule has 0 saturated carbocycles. The first-order valence-electron chi connectivity index (χ1n) is 4.10. The molecule has 0 aliphatic heterocycles. The highest BCUT2D eigenvalue weighted by Crippen LogP contribution is 1.98. The average molecular weight is 232 g/mol. The smallest absolute Gasteiger partial charge is 0.311 e. The minimum absolute atomic E-state index is 0.133. The number of aromatic nitrogens is 2. The Kier molecular flexibility index (Phi) is 3.31. The first-order valence-corrected chi connectivity index (χ1v) is 4.63. The molecule has 7 heteroatoms. The topological polar surface area (TPSA) is 73.1 Å². The summed E-state index contributed by atoms with van der Waals surface area (Å²) in [6.45, 7) is 0. The number of hydrogen-bond donors (Lipinski definition) is 1. The number of hydrogen-bond acceptors (Lipinski definition) is 3. The Bertz CT molecular complexity index is 503. The maximum Gasteiger partial charge on any atom is 0.332 e.